The van der Waals surface area contributed by atoms with E-state index in [9.17, 15) is 4.79 Å². The Morgan fingerprint density at radius 1 is 1.21 bits per heavy atom. The summed E-state index contributed by atoms with van der Waals surface area (Å²) >= 11 is 1.64. The van der Waals surface area contributed by atoms with E-state index in [-0.39, 0.29) is 17.9 Å². The Morgan fingerprint density at radius 2 is 2.03 bits per heavy atom. The zero-order valence-electron chi connectivity index (χ0n) is 18.9. The standard InChI is InChI=1S/C27H26N4OS/c1-4-17(2)26(22-16-28-13-14-29-22)30-18(3)19-9-12-23-25(15-19)33-24-8-6-5-7-21(24)27(32)31(23)20-10-11-20/h5-9,12-17,20H,3-4,10-11H2,1-2H3. The van der Waals surface area contributed by atoms with Gasteiger partial charge in [0.25, 0.3) is 5.91 Å². The summed E-state index contributed by atoms with van der Waals surface area (Å²) in [5.74, 6) is 0.314. The third-order valence-electron chi connectivity index (χ3n) is 6.18. The van der Waals surface area contributed by atoms with E-state index in [1.165, 1.54) is 0 Å². The SMILES string of the molecule is C=C(N=C(c1cnccn1)C(C)CC)c1ccc2c(c1)Sc1ccccc1C(=O)N2C1CC1. The van der Waals surface area contributed by atoms with Crippen molar-refractivity contribution in [2.75, 3.05) is 4.90 Å². The molecule has 0 saturated heterocycles. The number of amides is 1. The van der Waals surface area contributed by atoms with Crippen molar-refractivity contribution in [1.29, 1.82) is 0 Å². The van der Waals surface area contributed by atoms with Gasteiger partial charge >= 0.3 is 0 Å². The molecule has 0 N–H and O–H groups in total. The summed E-state index contributed by atoms with van der Waals surface area (Å²) in [5.41, 5.74) is 5.02. The molecule has 2 aromatic carbocycles. The highest BCUT2D eigenvalue weighted by atomic mass is 32.2. The first kappa shape index (κ1) is 21.6. The van der Waals surface area contributed by atoms with Gasteiger partial charge in [0, 0.05) is 39.7 Å². The van der Waals surface area contributed by atoms with Crippen molar-refractivity contribution in [3.8, 4) is 0 Å². The number of hydrogen-bond acceptors (Lipinski definition) is 5. The van der Waals surface area contributed by atoms with E-state index in [0.29, 0.717) is 5.70 Å². The van der Waals surface area contributed by atoms with Crippen molar-refractivity contribution in [3.63, 3.8) is 0 Å². The van der Waals surface area contributed by atoms with Crippen LogP contribution >= 0.6 is 11.8 Å². The van der Waals surface area contributed by atoms with Gasteiger partial charge in [0.2, 0.25) is 0 Å². The Balaban J connectivity index is 1.55. The average Bonchev–Trinajstić information content (AvgIpc) is 3.69. The lowest BCUT2D eigenvalue weighted by Crippen LogP contribution is -2.32. The lowest BCUT2D eigenvalue weighted by atomic mass is 9.99. The molecule has 5 nitrogen and oxygen atoms in total. The quantitative estimate of drug-likeness (QED) is 0.413. The zero-order valence-corrected chi connectivity index (χ0v) is 19.7. The topological polar surface area (TPSA) is 58.5 Å². The summed E-state index contributed by atoms with van der Waals surface area (Å²) in [6, 6.07) is 14.3. The molecule has 1 unspecified atom stereocenters. The lowest BCUT2D eigenvalue weighted by molar-refractivity contribution is 0.0982. The molecular formula is C27H26N4OS. The predicted molar refractivity (Wildman–Crippen MR) is 134 cm³/mol. The van der Waals surface area contributed by atoms with Crippen molar-refractivity contribution >= 4 is 34.8 Å². The molecule has 5 rings (SSSR count). The molecule has 3 aromatic rings. The molecule has 2 heterocycles. The maximum atomic E-state index is 13.4. The Bertz CT molecular complexity index is 1250. The van der Waals surface area contributed by atoms with Crippen LogP contribution in [0.4, 0.5) is 5.69 Å². The predicted octanol–water partition coefficient (Wildman–Crippen LogP) is 6.26. The van der Waals surface area contributed by atoms with E-state index in [1.54, 1.807) is 30.4 Å². The minimum atomic E-state index is 0.0886. The largest absolute Gasteiger partial charge is 0.304 e. The van der Waals surface area contributed by atoms with Crippen LogP contribution in [0.3, 0.4) is 0 Å². The Labute approximate surface area is 198 Å². The fourth-order valence-electron chi connectivity index (χ4n) is 4.01. The van der Waals surface area contributed by atoms with Gasteiger partial charge in [-0.05, 0) is 43.5 Å². The fourth-order valence-corrected chi connectivity index (χ4v) is 5.12. The van der Waals surface area contributed by atoms with Gasteiger partial charge in [-0.3, -0.25) is 19.8 Å². The molecule has 166 valence electrons. The van der Waals surface area contributed by atoms with Crippen LogP contribution in [0.25, 0.3) is 5.70 Å². The number of carbonyl (C=O) groups is 1. The highest BCUT2D eigenvalue weighted by molar-refractivity contribution is 7.99. The molecule has 6 heteroatoms. The number of nitrogens with zero attached hydrogens (tertiary/aromatic N) is 4. The van der Waals surface area contributed by atoms with E-state index < -0.39 is 0 Å². The van der Waals surface area contributed by atoms with E-state index in [1.807, 2.05) is 41.3 Å². The smallest absolute Gasteiger partial charge is 0.259 e. The van der Waals surface area contributed by atoms with E-state index in [2.05, 4.69) is 36.5 Å². The third kappa shape index (κ3) is 4.23. The second kappa shape index (κ2) is 8.94. The van der Waals surface area contributed by atoms with Gasteiger partial charge in [-0.15, -0.1) is 0 Å². The highest BCUT2D eigenvalue weighted by Crippen LogP contribution is 2.46. The minimum absolute atomic E-state index is 0.0886. The zero-order chi connectivity index (χ0) is 22.9. The maximum Gasteiger partial charge on any atom is 0.259 e. The second-order valence-corrected chi connectivity index (χ2v) is 9.61. The van der Waals surface area contributed by atoms with Gasteiger partial charge in [-0.25, -0.2) is 0 Å². The van der Waals surface area contributed by atoms with Crippen LogP contribution in [0.1, 0.15) is 54.7 Å². The fraction of sp³-hybridized carbons (Fsp3) is 0.259. The van der Waals surface area contributed by atoms with Gasteiger partial charge in [0.05, 0.1) is 28.9 Å². The number of carbonyl (C=O) groups excluding carboxylic acids is 1. The molecule has 1 amide bonds. The molecular weight excluding hydrogens is 428 g/mol. The van der Waals surface area contributed by atoms with Crippen LogP contribution in [0, 0.1) is 5.92 Å². The number of fused-ring (bicyclic) bond motifs is 2. The first-order valence-corrected chi connectivity index (χ1v) is 12.2. The summed E-state index contributed by atoms with van der Waals surface area (Å²) in [6.07, 6.45) is 8.15. The van der Waals surface area contributed by atoms with Gasteiger partial charge in [0.15, 0.2) is 0 Å². The number of aliphatic imine (C=N–C) groups is 1. The monoisotopic (exact) mass is 454 g/mol. The number of anilines is 1. The number of aromatic nitrogens is 2. The van der Waals surface area contributed by atoms with E-state index >= 15 is 0 Å². The number of benzene rings is 2. The Kier molecular flexibility index (Phi) is 5.85. The molecule has 1 atom stereocenters. The number of hydrogen-bond donors (Lipinski definition) is 0. The second-order valence-electron chi connectivity index (χ2n) is 8.53. The summed E-state index contributed by atoms with van der Waals surface area (Å²) < 4.78 is 0. The normalized spacial score (nSPS) is 16.6. The van der Waals surface area contributed by atoms with Gasteiger partial charge < -0.3 is 4.90 Å². The summed E-state index contributed by atoms with van der Waals surface area (Å²) in [4.78, 5) is 31.0. The van der Waals surface area contributed by atoms with Gasteiger partial charge in [-0.1, -0.05) is 50.4 Å². The van der Waals surface area contributed by atoms with Crippen LogP contribution in [0.15, 0.2) is 82.4 Å². The molecule has 0 spiro atoms. The molecule has 33 heavy (non-hydrogen) atoms. The molecule has 1 fully saturated rings. The van der Waals surface area contributed by atoms with Crippen molar-refractivity contribution in [1.82, 2.24) is 9.97 Å². The average molecular weight is 455 g/mol. The Morgan fingerprint density at radius 3 is 2.76 bits per heavy atom. The highest BCUT2D eigenvalue weighted by Gasteiger charge is 2.38. The minimum Gasteiger partial charge on any atom is -0.304 e. The molecule has 2 aliphatic rings. The molecule has 0 radical (unpaired) electrons. The van der Waals surface area contributed by atoms with Crippen LogP contribution in [-0.2, 0) is 0 Å². The van der Waals surface area contributed by atoms with E-state index in [4.69, 9.17) is 4.99 Å². The van der Waals surface area contributed by atoms with Gasteiger partial charge in [-0.2, -0.15) is 0 Å². The first-order valence-electron chi connectivity index (χ1n) is 11.4. The van der Waals surface area contributed by atoms with Crippen molar-refractivity contribution in [2.45, 2.75) is 48.9 Å². The van der Waals surface area contributed by atoms with Crippen LogP contribution in [-0.4, -0.2) is 27.6 Å². The van der Waals surface area contributed by atoms with E-state index in [0.717, 1.165) is 57.3 Å². The molecule has 1 aliphatic heterocycles. The lowest BCUT2D eigenvalue weighted by Gasteiger charge is -2.23. The number of rotatable bonds is 6. The maximum absolute atomic E-state index is 13.4. The summed E-state index contributed by atoms with van der Waals surface area (Å²) in [6.45, 7) is 8.56. The molecule has 1 aromatic heterocycles. The van der Waals surface area contributed by atoms with Gasteiger partial charge in [0.1, 0.15) is 5.69 Å². The third-order valence-corrected chi connectivity index (χ3v) is 7.30. The molecule has 1 aliphatic carbocycles. The first-order chi connectivity index (χ1) is 16.1. The van der Waals surface area contributed by atoms with Crippen LogP contribution in [0.2, 0.25) is 0 Å². The van der Waals surface area contributed by atoms with Crippen LogP contribution in [0.5, 0.6) is 0 Å². The molecule has 0 bridgehead atoms. The summed E-state index contributed by atoms with van der Waals surface area (Å²) in [7, 11) is 0. The van der Waals surface area contributed by atoms with Crippen molar-refractivity contribution in [2.24, 2.45) is 10.9 Å². The van der Waals surface area contributed by atoms with Crippen LogP contribution < -0.4 is 4.90 Å². The van der Waals surface area contributed by atoms with Crippen molar-refractivity contribution < 1.29 is 4.79 Å². The Hall–Kier alpha value is -3.25. The molecule has 1 saturated carbocycles. The van der Waals surface area contributed by atoms with Crippen molar-refractivity contribution in [3.05, 3.63) is 84.5 Å². The summed E-state index contributed by atoms with van der Waals surface area (Å²) in [5, 5.41) is 0.